The van der Waals surface area contributed by atoms with Gasteiger partial charge in [-0.15, -0.1) is 0 Å². The van der Waals surface area contributed by atoms with Crippen LogP contribution in [0.4, 0.5) is 0 Å². The van der Waals surface area contributed by atoms with Crippen LogP contribution in [-0.2, 0) is 0 Å². The summed E-state index contributed by atoms with van der Waals surface area (Å²) in [6.45, 7) is 0. The number of H-pyrrole nitrogens is 1. The number of hydrogen-bond acceptors (Lipinski definition) is 2. The summed E-state index contributed by atoms with van der Waals surface area (Å²) < 4.78 is 0. The molecule has 0 aliphatic heterocycles. The summed E-state index contributed by atoms with van der Waals surface area (Å²) in [5, 5.41) is 1.94. The van der Waals surface area contributed by atoms with Gasteiger partial charge in [-0.3, -0.25) is 9.78 Å². The Kier molecular flexibility index (Phi) is 1.71. The Balaban J connectivity index is 0.00000108. The van der Waals surface area contributed by atoms with E-state index < -0.39 is 5.91 Å². The fourth-order valence-electron chi connectivity index (χ4n) is 1.86. The predicted octanol–water partition coefficient (Wildman–Crippen LogP) is 1.93. The van der Waals surface area contributed by atoms with Gasteiger partial charge in [0.25, 0.3) is 0 Å². The van der Waals surface area contributed by atoms with Gasteiger partial charge < -0.3 is 10.7 Å². The number of pyridine rings is 1. The summed E-state index contributed by atoms with van der Waals surface area (Å²) in [4.78, 5) is 18.6. The molecule has 0 aliphatic rings. The Morgan fingerprint density at radius 1 is 1.38 bits per heavy atom. The van der Waals surface area contributed by atoms with E-state index in [4.69, 9.17) is 5.73 Å². The molecule has 4 heteroatoms. The van der Waals surface area contributed by atoms with Gasteiger partial charge in [0.05, 0.1) is 11.0 Å². The molecule has 0 bridgehead atoms. The number of aromatic amines is 1. The Bertz CT molecular complexity index is 705. The zero-order valence-corrected chi connectivity index (χ0v) is 8.40. The van der Waals surface area contributed by atoms with E-state index >= 15 is 0 Å². The van der Waals surface area contributed by atoms with Crippen molar-refractivity contribution >= 4 is 27.7 Å². The molecule has 2 aromatic heterocycles. The van der Waals surface area contributed by atoms with Crippen molar-refractivity contribution in [2.24, 2.45) is 5.73 Å². The average molecular weight is 212 g/mol. The number of primary amides is 1. The Labute approximate surface area is 92.6 Å². The smallest absolute Gasteiger partial charge is 0.366 e. The third-order valence-electron chi connectivity index (χ3n) is 2.67. The van der Waals surface area contributed by atoms with Crippen LogP contribution in [0, 0.1) is 0 Å². The molecule has 0 saturated carbocycles. The zero-order valence-electron chi connectivity index (χ0n) is 9.40. The van der Waals surface area contributed by atoms with E-state index in [0.717, 1.165) is 21.8 Å². The van der Waals surface area contributed by atoms with Crippen LogP contribution >= 0.6 is 0 Å². The van der Waals surface area contributed by atoms with E-state index in [1.165, 1.54) is 0 Å². The Hall–Kier alpha value is -2.36. The number of fused-ring (bicyclic) bond motifs is 3. The van der Waals surface area contributed by atoms with Crippen LogP contribution in [0.2, 0.25) is 0 Å². The van der Waals surface area contributed by atoms with E-state index in [2.05, 4.69) is 9.97 Å². The van der Waals surface area contributed by atoms with Crippen molar-refractivity contribution in [2.45, 2.75) is 0 Å². The maximum atomic E-state index is 11.1. The number of hydrogen-bond donors (Lipinski definition) is 2. The van der Waals surface area contributed by atoms with Gasteiger partial charge in [0.1, 0.15) is 0 Å². The molecule has 1 amide bonds. The molecular weight excluding hydrogens is 202 g/mol. The minimum absolute atomic E-state index is 0. The van der Waals surface area contributed by atoms with Gasteiger partial charge in [0, 0.05) is 28.7 Å². The number of aromatic nitrogens is 2. The molecular formula is C12H10N3O+. The van der Waals surface area contributed by atoms with Gasteiger partial charge in [0.15, 0.2) is 0 Å². The first kappa shape index (κ1) is 8.91. The molecule has 2 heterocycles. The number of carbonyl (C=O) groups excluding carboxylic acids is 1. The summed E-state index contributed by atoms with van der Waals surface area (Å²) in [5.74, 6) is -0.426. The maximum absolute atomic E-state index is 11.1. The largest absolute Gasteiger partial charge is 1.00 e. The summed E-state index contributed by atoms with van der Waals surface area (Å²) in [6.07, 6.45) is 3.65. The molecule has 3 aromatic rings. The number of carbonyl (C=O) groups is 1. The van der Waals surface area contributed by atoms with E-state index in [9.17, 15) is 4.79 Å². The fraction of sp³-hybridized carbons (Fsp3) is 0. The predicted molar refractivity (Wildman–Crippen MR) is 63.2 cm³/mol. The second kappa shape index (κ2) is 3.06. The molecule has 0 saturated heterocycles. The first-order chi connectivity index (χ1) is 7.75. The van der Waals surface area contributed by atoms with E-state index in [0.29, 0.717) is 5.56 Å². The number of amides is 1. The average Bonchev–Trinajstić information content (AvgIpc) is 2.76. The van der Waals surface area contributed by atoms with Crippen molar-refractivity contribution < 1.29 is 6.22 Å². The van der Waals surface area contributed by atoms with Crippen molar-refractivity contribution in [1.29, 1.82) is 0 Å². The first-order valence-corrected chi connectivity index (χ1v) is 4.91. The molecule has 3 N–H and O–H groups in total. The van der Waals surface area contributed by atoms with Crippen LogP contribution in [0.5, 0.6) is 0 Å². The van der Waals surface area contributed by atoms with Crippen LogP contribution in [0.15, 0.2) is 36.7 Å². The lowest BCUT2D eigenvalue weighted by Gasteiger charge is -2.01. The van der Waals surface area contributed by atoms with Gasteiger partial charge in [-0.2, -0.15) is 0 Å². The lowest BCUT2D eigenvalue weighted by atomic mass is 10.1. The highest BCUT2D eigenvalue weighted by Crippen LogP contribution is 2.22. The lowest BCUT2D eigenvalue weighted by Crippen LogP contribution is -2.10. The quantitative estimate of drug-likeness (QED) is 0.646. The van der Waals surface area contributed by atoms with Crippen LogP contribution in [0.25, 0.3) is 21.8 Å². The van der Waals surface area contributed by atoms with Crippen molar-refractivity contribution in [3.8, 4) is 0 Å². The van der Waals surface area contributed by atoms with E-state index in [1.54, 1.807) is 24.4 Å². The first-order valence-electron chi connectivity index (χ1n) is 4.91. The van der Waals surface area contributed by atoms with Crippen LogP contribution in [0.1, 0.15) is 11.8 Å². The van der Waals surface area contributed by atoms with Crippen molar-refractivity contribution in [3.63, 3.8) is 0 Å². The van der Waals surface area contributed by atoms with Gasteiger partial charge >= 0.3 is 1.43 Å². The minimum atomic E-state index is -0.426. The standard InChI is InChI=1S/C12H9N3O/c13-12(16)7-1-2-10-9(5-7)11-8(6-15-10)3-4-14-11/h1-6,14H,(H2,13,16)/p+1. The van der Waals surface area contributed by atoms with Crippen LogP contribution in [-0.4, -0.2) is 15.9 Å². The second-order valence-electron chi connectivity index (χ2n) is 3.66. The van der Waals surface area contributed by atoms with Crippen LogP contribution in [0.3, 0.4) is 0 Å². The van der Waals surface area contributed by atoms with E-state index in [1.807, 2.05) is 12.3 Å². The SMILES string of the molecule is NC(=O)c1ccc2ncc3cc[nH]c3c2c1.[H+]. The van der Waals surface area contributed by atoms with Crippen molar-refractivity contribution in [2.75, 3.05) is 0 Å². The molecule has 0 radical (unpaired) electrons. The number of benzene rings is 1. The van der Waals surface area contributed by atoms with Gasteiger partial charge in [0.2, 0.25) is 5.91 Å². The summed E-state index contributed by atoms with van der Waals surface area (Å²) in [7, 11) is 0. The lowest BCUT2D eigenvalue weighted by molar-refractivity contribution is 0.100. The van der Waals surface area contributed by atoms with Crippen LogP contribution < -0.4 is 5.73 Å². The maximum Gasteiger partial charge on any atom is 1.00 e. The highest BCUT2D eigenvalue weighted by atomic mass is 16.1. The molecule has 4 nitrogen and oxygen atoms in total. The zero-order chi connectivity index (χ0) is 11.1. The van der Waals surface area contributed by atoms with Crippen molar-refractivity contribution in [1.82, 2.24) is 9.97 Å². The highest BCUT2D eigenvalue weighted by Gasteiger charge is 2.06. The number of nitrogens with two attached hydrogens (primary N) is 1. The fourth-order valence-corrected chi connectivity index (χ4v) is 1.86. The van der Waals surface area contributed by atoms with Gasteiger partial charge in [-0.05, 0) is 24.3 Å². The number of nitrogens with one attached hydrogen (secondary N) is 1. The molecule has 16 heavy (non-hydrogen) atoms. The monoisotopic (exact) mass is 212 g/mol. The molecule has 0 unspecified atom stereocenters. The van der Waals surface area contributed by atoms with E-state index in [-0.39, 0.29) is 1.43 Å². The van der Waals surface area contributed by atoms with Gasteiger partial charge in [-0.25, -0.2) is 0 Å². The number of rotatable bonds is 1. The minimum Gasteiger partial charge on any atom is -0.366 e. The summed E-state index contributed by atoms with van der Waals surface area (Å²) >= 11 is 0. The molecule has 0 atom stereocenters. The second-order valence-corrected chi connectivity index (χ2v) is 3.66. The normalized spacial score (nSPS) is 11.0. The van der Waals surface area contributed by atoms with Gasteiger partial charge in [-0.1, -0.05) is 0 Å². The molecule has 0 aliphatic carbocycles. The Morgan fingerprint density at radius 2 is 2.25 bits per heavy atom. The van der Waals surface area contributed by atoms with Crippen molar-refractivity contribution in [3.05, 3.63) is 42.2 Å². The summed E-state index contributed by atoms with van der Waals surface area (Å²) in [5.41, 5.74) is 7.58. The highest BCUT2D eigenvalue weighted by molar-refractivity contribution is 6.06. The topological polar surface area (TPSA) is 71.8 Å². The third kappa shape index (κ3) is 1.16. The molecule has 3 rings (SSSR count). The molecule has 78 valence electrons. The molecule has 1 aromatic carbocycles. The summed E-state index contributed by atoms with van der Waals surface area (Å²) in [6, 6.07) is 7.20. The third-order valence-corrected chi connectivity index (χ3v) is 2.67. The molecule has 0 fully saturated rings. The Morgan fingerprint density at radius 3 is 3.06 bits per heavy atom. The molecule has 0 spiro atoms. The number of nitrogens with zero attached hydrogens (tertiary/aromatic N) is 1.